The molecular weight excluding hydrogens is 462 g/mol. The van der Waals surface area contributed by atoms with Gasteiger partial charge in [0.25, 0.3) is 21.8 Å². The van der Waals surface area contributed by atoms with E-state index in [9.17, 15) is 18.0 Å². The third-order valence-corrected chi connectivity index (χ3v) is 6.57. The van der Waals surface area contributed by atoms with Crippen LogP contribution < -0.4 is 15.4 Å². The summed E-state index contributed by atoms with van der Waals surface area (Å²) in [4.78, 5) is 24.8. The number of nitrogens with one attached hydrogen (secondary N) is 3. The molecule has 0 spiro atoms. The van der Waals surface area contributed by atoms with E-state index in [1.54, 1.807) is 62.4 Å². The van der Waals surface area contributed by atoms with Crippen molar-refractivity contribution in [3.63, 3.8) is 0 Å². The topological polar surface area (TPSA) is 104 Å². The largest absolute Gasteiger partial charge is 0.350 e. The van der Waals surface area contributed by atoms with Gasteiger partial charge < -0.3 is 10.6 Å². The summed E-state index contributed by atoms with van der Waals surface area (Å²) >= 11 is 5.81. The molecule has 3 rings (SSSR count). The second-order valence-electron chi connectivity index (χ2n) is 7.42. The second-order valence-corrected chi connectivity index (χ2v) is 9.53. The molecule has 7 nitrogen and oxygen atoms in total. The average molecular weight is 486 g/mol. The first-order chi connectivity index (χ1) is 15.7. The fraction of sp³-hybridized carbons (Fsp3) is 0.167. The second kappa shape index (κ2) is 10.5. The Bertz CT molecular complexity index is 1280. The smallest absolute Gasteiger partial charge is 0.261 e. The molecule has 0 fully saturated rings. The van der Waals surface area contributed by atoms with Crippen LogP contribution >= 0.6 is 11.6 Å². The number of hydrogen-bond acceptors (Lipinski definition) is 4. The monoisotopic (exact) mass is 485 g/mol. The van der Waals surface area contributed by atoms with Gasteiger partial charge in [-0.1, -0.05) is 35.9 Å². The number of hydrogen-bond donors (Lipinski definition) is 3. The quantitative estimate of drug-likeness (QED) is 0.420. The highest BCUT2D eigenvalue weighted by atomic mass is 35.5. The molecule has 0 heterocycles. The van der Waals surface area contributed by atoms with Crippen molar-refractivity contribution in [3.05, 3.63) is 94.0 Å². The van der Waals surface area contributed by atoms with Crippen LogP contribution in [0.25, 0.3) is 0 Å². The number of anilines is 1. The SMILES string of the molecule is Cc1ccccc1NS(=O)(=O)c1ccc(C)c(C(=O)NCCNC(=O)c2ccc(Cl)cc2)c1. The van der Waals surface area contributed by atoms with Crippen LogP contribution in [0.15, 0.2) is 71.6 Å². The molecule has 3 aromatic rings. The minimum absolute atomic E-state index is 0.0162. The Labute approximate surface area is 198 Å². The normalized spacial score (nSPS) is 11.0. The number of aryl methyl sites for hydroxylation is 2. The van der Waals surface area contributed by atoms with Gasteiger partial charge in [-0.25, -0.2) is 8.42 Å². The van der Waals surface area contributed by atoms with Crippen LogP contribution in [0.3, 0.4) is 0 Å². The van der Waals surface area contributed by atoms with E-state index in [-0.39, 0.29) is 29.5 Å². The molecule has 0 atom stereocenters. The summed E-state index contributed by atoms with van der Waals surface area (Å²) in [7, 11) is -3.88. The number of benzene rings is 3. The standard InChI is InChI=1S/C24H24ClN3O4S/c1-16-7-12-20(33(31,32)28-22-6-4-3-5-17(22)2)15-21(16)24(30)27-14-13-26-23(29)18-8-10-19(25)11-9-18/h3-12,15,28H,13-14H2,1-2H3,(H,26,29)(H,27,30). The minimum atomic E-state index is -3.88. The van der Waals surface area contributed by atoms with Gasteiger partial charge in [0.15, 0.2) is 0 Å². The van der Waals surface area contributed by atoms with E-state index in [2.05, 4.69) is 15.4 Å². The fourth-order valence-electron chi connectivity index (χ4n) is 3.05. The maximum absolute atomic E-state index is 12.8. The van der Waals surface area contributed by atoms with E-state index in [4.69, 9.17) is 11.6 Å². The van der Waals surface area contributed by atoms with Crippen molar-refractivity contribution in [2.75, 3.05) is 17.8 Å². The molecule has 0 unspecified atom stereocenters. The number of halogens is 1. The average Bonchev–Trinajstić information content (AvgIpc) is 2.78. The first kappa shape index (κ1) is 24.3. The number of amides is 2. The molecule has 0 aliphatic rings. The van der Waals surface area contributed by atoms with Gasteiger partial charge in [0.1, 0.15) is 0 Å². The molecule has 3 aromatic carbocycles. The Morgan fingerprint density at radius 3 is 2.12 bits per heavy atom. The third-order valence-electron chi connectivity index (χ3n) is 4.96. The van der Waals surface area contributed by atoms with Crippen molar-refractivity contribution in [2.45, 2.75) is 18.7 Å². The lowest BCUT2D eigenvalue weighted by molar-refractivity contribution is 0.0927. The summed E-state index contributed by atoms with van der Waals surface area (Å²) in [5, 5.41) is 5.94. The van der Waals surface area contributed by atoms with E-state index in [0.717, 1.165) is 5.56 Å². The third kappa shape index (κ3) is 6.34. The van der Waals surface area contributed by atoms with Crippen LogP contribution in [-0.4, -0.2) is 33.3 Å². The Kier molecular flexibility index (Phi) is 7.73. The lowest BCUT2D eigenvalue weighted by Gasteiger charge is -2.13. The molecule has 3 N–H and O–H groups in total. The van der Waals surface area contributed by atoms with Gasteiger partial charge in [-0.05, 0) is 67.4 Å². The molecule has 0 aromatic heterocycles. The maximum Gasteiger partial charge on any atom is 0.261 e. The van der Waals surface area contributed by atoms with Gasteiger partial charge in [0, 0.05) is 29.2 Å². The molecular formula is C24H24ClN3O4S. The van der Waals surface area contributed by atoms with Crippen LogP contribution in [-0.2, 0) is 10.0 Å². The van der Waals surface area contributed by atoms with E-state index in [1.165, 1.54) is 12.1 Å². The molecule has 172 valence electrons. The molecule has 9 heteroatoms. The van der Waals surface area contributed by atoms with Gasteiger partial charge in [0.05, 0.1) is 10.6 Å². The number of carbonyl (C=O) groups excluding carboxylic acids is 2. The first-order valence-corrected chi connectivity index (χ1v) is 12.0. The van der Waals surface area contributed by atoms with E-state index >= 15 is 0 Å². The predicted octanol–water partition coefficient (Wildman–Crippen LogP) is 3.92. The van der Waals surface area contributed by atoms with Crippen molar-refractivity contribution in [1.29, 1.82) is 0 Å². The number of para-hydroxylation sites is 1. The zero-order valence-corrected chi connectivity index (χ0v) is 19.8. The van der Waals surface area contributed by atoms with Crippen molar-refractivity contribution in [3.8, 4) is 0 Å². The summed E-state index contributed by atoms with van der Waals surface area (Å²) in [5.74, 6) is -0.714. The van der Waals surface area contributed by atoms with Crippen molar-refractivity contribution in [2.24, 2.45) is 0 Å². The highest BCUT2D eigenvalue weighted by Gasteiger charge is 2.19. The highest BCUT2D eigenvalue weighted by Crippen LogP contribution is 2.21. The zero-order chi connectivity index (χ0) is 24.0. The summed E-state index contributed by atoms with van der Waals surface area (Å²) in [6, 6.07) is 17.9. The lowest BCUT2D eigenvalue weighted by Crippen LogP contribution is -2.35. The van der Waals surface area contributed by atoms with Crippen molar-refractivity contribution in [1.82, 2.24) is 10.6 Å². The van der Waals surface area contributed by atoms with Crippen LogP contribution in [0.4, 0.5) is 5.69 Å². The summed E-state index contributed by atoms with van der Waals surface area (Å²) in [6.45, 7) is 3.91. The van der Waals surface area contributed by atoms with Gasteiger partial charge >= 0.3 is 0 Å². The van der Waals surface area contributed by atoms with Crippen LogP contribution in [0, 0.1) is 13.8 Å². The van der Waals surface area contributed by atoms with E-state index in [1.807, 2.05) is 6.07 Å². The van der Waals surface area contributed by atoms with E-state index in [0.29, 0.717) is 21.8 Å². The molecule has 0 saturated heterocycles. The lowest BCUT2D eigenvalue weighted by atomic mass is 10.1. The molecule has 0 radical (unpaired) electrons. The molecule has 0 bridgehead atoms. The van der Waals surface area contributed by atoms with Crippen LogP contribution in [0.1, 0.15) is 31.8 Å². The molecule has 2 amide bonds. The zero-order valence-electron chi connectivity index (χ0n) is 18.2. The molecule has 0 aliphatic heterocycles. The van der Waals surface area contributed by atoms with Crippen LogP contribution in [0.5, 0.6) is 0 Å². The summed E-state index contributed by atoms with van der Waals surface area (Å²) in [5.41, 5.74) is 2.59. The Balaban J connectivity index is 1.62. The van der Waals surface area contributed by atoms with Crippen molar-refractivity contribution >= 4 is 39.1 Å². The highest BCUT2D eigenvalue weighted by molar-refractivity contribution is 7.92. The summed E-state index contributed by atoms with van der Waals surface area (Å²) < 4.78 is 28.2. The molecule has 0 aliphatic carbocycles. The summed E-state index contributed by atoms with van der Waals surface area (Å²) in [6.07, 6.45) is 0. The Morgan fingerprint density at radius 1 is 0.818 bits per heavy atom. The van der Waals surface area contributed by atoms with Crippen LogP contribution in [0.2, 0.25) is 5.02 Å². The Morgan fingerprint density at radius 2 is 1.45 bits per heavy atom. The van der Waals surface area contributed by atoms with E-state index < -0.39 is 15.9 Å². The maximum atomic E-state index is 12.8. The van der Waals surface area contributed by atoms with Gasteiger partial charge in [-0.2, -0.15) is 0 Å². The number of sulfonamides is 1. The van der Waals surface area contributed by atoms with Gasteiger partial charge in [-0.3, -0.25) is 14.3 Å². The van der Waals surface area contributed by atoms with Crippen molar-refractivity contribution < 1.29 is 18.0 Å². The Hall–Kier alpha value is -3.36. The van der Waals surface area contributed by atoms with Gasteiger partial charge in [-0.15, -0.1) is 0 Å². The first-order valence-electron chi connectivity index (χ1n) is 10.2. The molecule has 0 saturated carbocycles. The minimum Gasteiger partial charge on any atom is -0.350 e. The predicted molar refractivity (Wildman–Crippen MR) is 129 cm³/mol. The fourth-order valence-corrected chi connectivity index (χ4v) is 4.34. The number of carbonyl (C=O) groups is 2. The van der Waals surface area contributed by atoms with Gasteiger partial charge in [0.2, 0.25) is 0 Å². The number of rotatable bonds is 8. The molecule has 33 heavy (non-hydrogen) atoms.